The molecule has 0 spiro atoms. The summed E-state index contributed by atoms with van der Waals surface area (Å²) in [5.74, 6) is 0.300. The number of aliphatic hydroxyl groups excluding tert-OH is 1. The Kier molecular flexibility index (Phi) is 3.69. The highest BCUT2D eigenvalue weighted by Crippen LogP contribution is 2.34. The van der Waals surface area contributed by atoms with Crippen molar-refractivity contribution in [3.05, 3.63) is 0 Å². The summed E-state index contributed by atoms with van der Waals surface area (Å²) in [6.45, 7) is 0.841. The Hall–Kier alpha value is -0.770. The molecule has 3 unspecified atom stereocenters. The second-order valence-corrected chi connectivity index (χ2v) is 4.97. The van der Waals surface area contributed by atoms with E-state index >= 15 is 0 Å². The molecule has 1 saturated heterocycles. The standard InChI is InChI=1S/C12H22N2O2/c1-13-12(16)14-8-4-6-10(14)9-5-2-3-7-11(9)15/h9-11,15H,2-8H2,1H3,(H,13,16). The first-order chi connectivity index (χ1) is 7.74. The van der Waals surface area contributed by atoms with Crippen molar-refractivity contribution in [1.29, 1.82) is 0 Å². The van der Waals surface area contributed by atoms with Gasteiger partial charge in [0.15, 0.2) is 0 Å². The van der Waals surface area contributed by atoms with Crippen LogP contribution in [0.5, 0.6) is 0 Å². The van der Waals surface area contributed by atoms with E-state index in [4.69, 9.17) is 0 Å². The predicted octanol–water partition coefficient (Wildman–Crippen LogP) is 1.34. The molecule has 2 aliphatic rings. The van der Waals surface area contributed by atoms with Crippen LogP contribution in [0.25, 0.3) is 0 Å². The molecule has 2 rings (SSSR count). The first-order valence-electron chi connectivity index (χ1n) is 6.40. The summed E-state index contributed by atoms with van der Waals surface area (Å²) in [4.78, 5) is 13.6. The lowest BCUT2D eigenvalue weighted by Gasteiger charge is -2.36. The van der Waals surface area contributed by atoms with Crippen LogP contribution in [-0.4, -0.2) is 41.8 Å². The minimum Gasteiger partial charge on any atom is -0.393 e. The SMILES string of the molecule is CNC(=O)N1CCCC1C1CCCCC1O. The van der Waals surface area contributed by atoms with Crippen LogP contribution in [-0.2, 0) is 0 Å². The first kappa shape index (κ1) is 11.7. The van der Waals surface area contributed by atoms with Gasteiger partial charge in [0.2, 0.25) is 0 Å². The third kappa shape index (κ3) is 2.17. The smallest absolute Gasteiger partial charge is 0.317 e. The lowest BCUT2D eigenvalue weighted by molar-refractivity contribution is 0.0309. The topological polar surface area (TPSA) is 52.6 Å². The summed E-state index contributed by atoms with van der Waals surface area (Å²) in [6, 6.07) is 0.274. The number of rotatable bonds is 1. The molecule has 4 nitrogen and oxygen atoms in total. The van der Waals surface area contributed by atoms with Gasteiger partial charge in [-0.05, 0) is 25.7 Å². The minimum absolute atomic E-state index is 0.0141. The van der Waals surface area contributed by atoms with Gasteiger partial charge in [-0.1, -0.05) is 12.8 Å². The molecule has 2 N–H and O–H groups in total. The van der Waals surface area contributed by atoms with Gasteiger partial charge in [-0.15, -0.1) is 0 Å². The molecule has 0 aromatic rings. The Morgan fingerprint density at radius 1 is 1.25 bits per heavy atom. The predicted molar refractivity (Wildman–Crippen MR) is 62.1 cm³/mol. The van der Waals surface area contributed by atoms with Crippen molar-refractivity contribution in [2.24, 2.45) is 5.92 Å². The fourth-order valence-corrected chi connectivity index (χ4v) is 3.22. The maximum atomic E-state index is 11.7. The van der Waals surface area contributed by atoms with Crippen LogP contribution in [0, 0.1) is 5.92 Å². The van der Waals surface area contributed by atoms with Crippen LogP contribution in [0.1, 0.15) is 38.5 Å². The molecule has 4 heteroatoms. The summed E-state index contributed by atoms with van der Waals surface area (Å²) >= 11 is 0. The Balaban J connectivity index is 2.03. The molecule has 2 fully saturated rings. The number of nitrogens with zero attached hydrogens (tertiary/aromatic N) is 1. The van der Waals surface area contributed by atoms with Gasteiger partial charge in [0.25, 0.3) is 0 Å². The fraction of sp³-hybridized carbons (Fsp3) is 0.917. The van der Waals surface area contributed by atoms with E-state index in [0.29, 0.717) is 5.92 Å². The summed E-state index contributed by atoms with van der Waals surface area (Å²) in [6.07, 6.45) is 6.21. The molecule has 1 aliphatic carbocycles. The molecular formula is C12H22N2O2. The summed E-state index contributed by atoms with van der Waals surface area (Å²) in [7, 11) is 1.68. The molecule has 1 aliphatic heterocycles. The molecule has 1 heterocycles. The number of hydrogen-bond donors (Lipinski definition) is 2. The number of amides is 2. The monoisotopic (exact) mass is 226 g/mol. The van der Waals surface area contributed by atoms with Gasteiger partial charge < -0.3 is 15.3 Å². The molecule has 0 radical (unpaired) electrons. The van der Waals surface area contributed by atoms with E-state index in [-0.39, 0.29) is 18.2 Å². The molecule has 1 saturated carbocycles. The van der Waals surface area contributed by atoms with Crippen molar-refractivity contribution in [2.45, 2.75) is 50.7 Å². The number of carbonyl (C=O) groups excluding carboxylic acids is 1. The van der Waals surface area contributed by atoms with Crippen LogP contribution in [0.3, 0.4) is 0 Å². The van der Waals surface area contributed by atoms with E-state index in [1.54, 1.807) is 7.05 Å². The second-order valence-electron chi connectivity index (χ2n) is 4.97. The van der Waals surface area contributed by atoms with Crippen molar-refractivity contribution < 1.29 is 9.90 Å². The third-order valence-electron chi connectivity index (χ3n) is 4.05. The maximum Gasteiger partial charge on any atom is 0.317 e. The highest BCUT2D eigenvalue weighted by atomic mass is 16.3. The van der Waals surface area contributed by atoms with Gasteiger partial charge >= 0.3 is 6.03 Å². The molecule has 16 heavy (non-hydrogen) atoms. The highest BCUT2D eigenvalue weighted by molar-refractivity contribution is 5.74. The van der Waals surface area contributed by atoms with E-state index in [1.165, 1.54) is 6.42 Å². The molecule has 92 valence electrons. The first-order valence-corrected chi connectivity index (χ1v) is 6.40. The van der Waals surface area contributed by atoms with Crippen LogP contribution in [0.2, 0.25) is 0 Å². The van der Waals surface area contributed by atoms with Crippen molar-refractivity contribution in [3.8, 4) is 0 Å². The number of nitrogens with one attached hydrogen (secondary N) is 1. The van der Waals surface area contributed by atoms with E-state index in [0.717, 1.165) is 38.6 Å². The number of carbonyl (C=O) groups is 1. The Morgan fingerprint density at radius 3 is 2.69 bits per heavy atom. The fourth-order valence-electron chi connectivity index (χ4n) is 3.22. The van der Waals surface area contributed by atoms with Crippen LogP contribution < -0.4 is 5.32 Å². The minimum atomic E-state index is -0.205. The van der Waals surface area contributed by atoms with E-state index < -0.39 is 0 Å². The number of urea groups is 1. The molecule has 2 amide bonds. The summed E-state index contributed by atoms with van der Waals surface area (Å²) < 4.78 is 0. The van der Waals surface area contributed by atoms with Crippen LogP contribution >= 0.6 is 0 Å². The number of aliphatic hydroxyl groups is 1. The van der Waals surface area contributed by atoms with Crippen LogP contribution in [0.15, 0.2) is 0 Å². The van der Waals surface area contributed by atoms with E-state index in [2.05, 4.69) is 5.32 Å². The van der Waals surface area contributed by atoms with Crippen molar-refractivity contribution in [1.82, 2.24) is 10.2 Å². The number of hydrogen-bond acceptors (Lipinski definition) is 2. The number of likely N-dealkylation sites (tertiary alicyclic amines) is 1. The molecule has 0 bridgehead atoms. The summed E-state index contributed by atoms with van der Waals surface area (Å²) in [5.41, 5.74) is 0. The molecular weight excluding hydrogens is 204 g/mol. The van der Waals surface area contributed by atoms with Gasteiger partial charge in [-0.2, -0.15) is 0 Å². The average molecular weight is 226 g/mol. The quantitative estimate of drug-likeness (QED) is 0.709. The molecule has 0 aromatic carbocycles. The zero-order valence-corrected chi connectivity index (χ0v) is 9.98. The van der Waals surface area contributed by atoms with Gasteiger partial charge in [0.05, 0.1) is 6.10 Å². The van der Waals surface area contributed by atoms with E-state index in [1.807, 2.05) is 4.90 Å². The third-order valence-corrected chi connectivity index (χ3v) is 4.05. The van der Waals surface area contributed by atoms with Crippen LogP contribution in [0.4, 0.5) is 4.79 Å². The largest absolute Gasteiger partial charge is 0.393 e. The van der Waals surface area contributed by atoms with Gasteiger partial charge in [-0.25, -0.2) is 4.79 Å². The van der Waals surface area contributed by atoms with Crippen molar-refractivity contribution >= 4 is 6.03 Å². The zero-order chi connectivity index (χ0) is 11.5. The van der Waals surface area contributed by atoms with Crippen molar-refractivity contribution in [2.75, 3.05) is 13.6 Å². The Bertz CT molecular complexity index is 257. The Morgan fingerprint density at radius 2 is 2.00 bits per heavy atom. The normalized spacial score (nSPS) is 35.1. The van der Waals surface area contributed by atoms with Gasteiger partial charge in [0, 0.05) is 25.6 Å². The maximum absolute atomic E-state index is 11.7. The zero-order valence-electron chi connectivity index (χ0n) is 9.98. The van der Waals surface area contributed by atoms with Gasteiger partial charge in [0.1, 0.15) is 0 Å². The molecule has 0 aromatic heterocycles. The second kappa shape index (κ2) is 5.04. The van der Waals surface area contributed by atoms with Gasteiger partial charge in [-0.3, -0.25) is 0 Å². The highest BCUT2D eigenvalue weighted by Gasteiger charge is 2.38. The lowest BCUT2D eigenvalue weighted by Crippen LogP contribution is -2.48. The van der Waals surface area contributed by atoms with E-state index in [9.17, 15) is 9.90 Å². The lowest BCUT2D eigenvalue weighted by atomic mass is 9.80. The molecule has 3 atom stereocenters. The summed E-state index contributed by atoms with van der Waals surface area (Å²) in [5, 5.41) is 12.7. The average Bonchev–Trinajstić information content (AvgIpc) is 2.77. The van der Waals surface area contributed by atoms with Crippen molar-refractivity contribution in [3.63, 3.8) is 0 Å². The Labute approximate surface area is 97.0 Å².